The number of hydrogen-bond donors (Lipinski definition) is 2. The average Bonchev–Trinajstić information content (AvgIpc) is 3.22. The van der Waals surface area contributed by atoms with Gasteiger partial charge in [0, 0.05) is 5.92 Å². The fourth-order valence-electron chi connectivity index (χ4n) is 4.57. The van der Waals surface area contributed by atoms with Gasteiger partial charge in [-0.05, 0) is 47.9 Å². The summed E-state index contributed by atoms with van der Waals surface area (Å²) < 4.78 is 6.12. The molecular weight excluding hydrogens is 354 g/mol. The van der Waals surface area contributed by atoms with Crippen molar-refractivity contribution in [1.29, 1.82) is 0 Å². The largest absolute Gasteiger partial charge is 0.479 e. The quantitative estimate of drug-likeness (QED) is 0.763. The number of carboxylic acids is 1. The van der Waals surface area contributed by atoms with Gasteiger partial charge in [-0.3, -0.25) is 4.79 Å². The fourth-order valence-corrected chi connectivity index (χ4v) is 4.57. The number of carbonyl (C=O) groups excluding carboxylic acids is 1. The van der Waals surface area contributed by atoms with Crippen LogP contribution in [0.25, 0.3) is 10.8 Å². The molecule has 148 valence electrons. The van der Waals surface area contributed by atoms with Crippen molar-refractivity contribution >= 4 is 22.6 Å². The number of nitrogens with one attached hydrogen (secondary N) is 1. The van der Waals surface area contributed by atoms with E-state index >= 15 is 0 Å². The summed E-state index contributed by atoms with van der Waals surface area (Å²) in [5.41, 5.74) is 0.118. The molecule has 0 spiro atoms. The molecule has 0 saturated heterocycles. The Hall–Kier alpha value is -2.40. The van der Waals surface area contributed by atoms with Crippen molar-refractivity contribution in [3.8, 4) is 0 Å². The highest BCUT2D eigenvalue weighted by atomic mass is 16.5. The van der Waals surface area contributed by atoms with Gasteiger partial charge in [0.25, 0.3) is 0 Å². The van der Waals surface area contributed by atoms with Gasteiger partial charge in [0.1, 0.15) is 5.54 Å². The Morgan fingerprint density at radius 2 is 1.96 bits per heavy atom. The van der Waals surface area contributed by atoms with Crippen molar-refractivity contribution in [1.82, 2.24) is 5.32 Å². The van der Waals surface area contributed by atoms with E-state index < -0.39 is 11.5 Å². The molecule has 0 bridgehead atoms. The zero-order valence-corrected chi connectivity index (χ0v) is 16.2. The van der Waals surface area contributed by atoms with Crippen LogP contribution in [-0.4, -0.2) is 28.6 Å². The van der Waals surface area contributed by atoms with Crippen LogP contribution in [0.3, 0.4) is 0 Å². The first kappa shape index (κ1) is 18.9. The summed E-state index contributed by atoms with van der Waals surface area (Å²) in [6.45, 7) is 2.49. The molecule has 2 aliphatic carbocycles. The molecule has 1 amide bonds. The molecular formula is C23H27NO4. The minimum absolute atomic E-state index is 0.0386. The molecule has 0 radical (unpaired) electrons. The topological polar surface area (TPSA) is 75.6 Å². The third-order valence-corrected chi connectivity index (χ3v) is 6.44. The van der Waals surface area contributed by atoms with Crippen molar-refractivity contribution in [2.45, 2.75) is 57.3 Å². The third kappa shape index (κ3) is 3.51. The number of benzene rings is 2. The SMILES string of the molecule is CCC1CC1(NC(=O)C1CCC(OCc2cccc3ccccc23)C1)C(=O)O. The molecule has 0 heterocycles. The lowest BCUT2D eigenvalue weighted by Crippen LogP contribution is -2.47. The molecule has 5 nitrogen and oxygen atoms in total. The molecule has 4 atom stereocenters. The lowest BCUT2D eigenvalue weighted by atomic mass is 10.0. The monoisotopic (exact) mass is 381 g/mol. The molecule has 4 rings (SSSR count). The van der Waals surface area contributed by atoms with Crippen LogP contribution in [0.2, 0.25) is 0 Å². The Morgan fingerprint density at radius 1 is 1.18 bits per heavy atom. The van der Waals surface area contributed by atoms with E-state index in [1.165, 1.54) is 10.8 Å². The van der Waals surface area contributed by atoms with Gasteiger partial charge in [0.15, 0.2) is 0 Å². The van der Waals surface area contributed by atoms with Crippen molar-refractivity contribution < 1.29 is 19.4 Å². The Kier molecular flexibility index (Phi) is 5.11. The maximum absolute atomic E-state index is 12.6. The van der Waals surface area contributed by atoms with Gasteiger partial charge in [0.05, 0.1) is 12.7 Å². The highest BCUT2D eigenvalue weighted by Crippen LogP contribution is 2.46. The van der Waals surface area contributed by atoms with Crippen molar-refractivity contribution in [3.63, 3.8) is 0 Å². The summed E-state index contributed by atoms with van der Waals surface area (Å²) in [4.78, 5) is 24.2. The molecule has 2 aliphatic rings. The Labute approximate surface area is 165 Å². The standard InChI is InChI=1S/C23H27NO4/c1-2-18-13-23(18,22(26)27)24-21(25)16-10-11-19(12-16)28-14-17-8-5-7-15-6-3-4-9-20(15)17/h3-9,16,18-19H,2,10-14H2,1H3,(H,24,25)(H,26,27). The van der Waals surface area contributed by atoms with Crippen molar-refractivity contribution in [2.75, 3.05) is 0 Å². The van der Waals surface area contributed by atoms with Gasteiger partial charge in [0.2, 0.25) is 5.91 Å². The molecule has 0 aromatic heterocycles. The molecule has 2 fully saturated rings. The van der Waals surface area contributed by atoms with E-state index in [1.807, 2.05) is 25.1 Å². The first-order valence-corrected chi connectivity index (χ1v) is 10.2. The first-order chi connectivity index (χ1) is 13.5. The second-order valence-electron chi connectivity index (χ2n) is 8.16. The van der Waals surface area contributed by atoms with E-state index in [4.69, 9.17) is 4.74 Å². The van der Waals surface area contributed by atoms with Gasteiger partial charge >= 0.3 is 5.97 Å². The number of aliphatic carboxylic acids is 1. The van der Waals surface area contributed by atoms with Crippen LogP contribution in [0.1, 0.15) is 44.6 Å². The summed E-state index contributed by atoms with van der Waals surface area (Å²) in [5.74, 6) is -1.15. The van der Waals surface area contributed by atoms with Crippen LogP contribution in [0.5, 0.6) is 0 Å². The number of hydrogen-bond acceptors (Lipinski definition) is 3. The van der Waals surface area contributed by atoms with E-state index in [1.54, 1.807) is 0 Å². The number of carbonyl (C=O) groups is 2. The second kappa shape index (κ2) is 7.55. The zero-order chi connectivity index (χ0) is 19.7. The van der Waals surface area contributed by atoms with Gasteiger partial charge in [-0.15, -0.1) is 0 Å². The molecule has 2 N–H and O–H groups in total. The van der Waals surface area contributed by atoms with Crippen LogP contribution in [0, 0.1) is 11.8 Å². The number of ether oxygens (including phenoxy) is 1. The molecule has 28 heavy (non-hydrogen) atoms. The molecule has 2 aromatic carbocycles. The predicted octanol–water partition coefficient (Wildman–Crippen LogP) is 3.89. The predicted molar refractivity (Wildman–Crippen MR) is 107 cm³/mol. The summed E-state index contributed by atoms with van der Waals surface area (Å²) in [5, 5.41) is 14.7. The molecule has 4 unspecified atom stereocenters. The maximum atomic E-state index is 12.6. The minimum Gasteiger partial charge on any atom is -0.479 e. The molecule has 2 aromatic rings. The maximum Gasteiger partial charge on any atom is 0.329 e. The Bertz CT molecular complexity index is 890. The molecule has 5 heteroatoms. The third-order valence-electron chi connectivity index (χ3n) is 6.44. The smallest absolute Gasteiger partial charge is 0.329 e. The van der Waals surface area contributed by atoms with Gasteiger partial charge in [-0.2, -0.15) is 0 Å². The van der Waals surface area contributed by atoms with Crippen LogP contribution >= 0.6 is 0 Å². The van der Waals surface area contributed by atoms with E-state index in [9.17, 15) is 14.7 Å². The number of amides is 1. The average molecular weight is 381 g/mol. The summed E-state index contributed by atoms with van der Waals surface area (Å²) in [7, 11) is 0. The van der Waals surface area contributed by atoms with Gasteiger partial charge in [-0.25, -0.2) is 4.79 Å². The Balaban J connectivity index is 1.33. The highest BCUT2D eigenvalue weighted by Gasteiger charge is 2.61. The molecule has 0 aliphatic heterocycles. The van der Waals surface area contributed by atoms with E-state index in [0.29, 0.717) is 19.4 Å². The van der Waals surface area contributed by atoms with E-state index in [2.05, 4.69) is 29.6 Å². The van der Waals surface area contributed by atoms with Crippen LogP contribution < -0.4 is 5.32 Å². The van der Waals surface area contributed by atoms with Gasteiger partial charge in [-0.1, -0.05) is 55.8 Å². The number of carboxylic acid groups (broad SMARTS) is 1. The number of rotatable bonds is 7. The van der Waals surface area contributed by atoms with Crippen LogP contribution in [0.15, 0.2) is 42.5 Å². The zero-order valence-electron chi connectivity index (χ0n) is 16.2. The fraction of sp³-hybridized carbons (Fsp3) is 0.478. The lowest BCUT2D eigenvalue weighted by molar-refractivity contribution is -0.144. The number of fused-ring (bicyclic) bond motifs is 1. The van der Waals surface area contributed by atoms with E-state index in [0.717, 1.165) is 24.8 Å². The minimum atomic E-state index is -1.03. The normalized spacial score (nSPS) is 29.0. The summed E-state index contributed by atoms with van der Waals surface area (Å²) in [6.07, 6.45) is 3.59. The lowest BCUT2D eigenvalue weighted by Gasteiger charge is -2.18. The van der Waals surface area contributed by atoms with Crippen LogP contribution in [0.4, 0.5) is 0 Å². The first-order valence-electron chi connectivity index (χ1n) is 10.2. The molecule has 2 saturated carbocycles. The highest BCUT2D eigenvalue weighted by molar-refractivity contribution is 5.91. The van der Waals surface area contributed by atoms with E-state index in [-0.39, 0.29) is 23.8 Å². The van der Waals surface area contributed by atoms with Crippen molar-refractivity contribution in [3.05, 3.63) is 48.0 Å². The summed E-state index contributed by atoms with van der Waals surface area (Å²) >= 11 is 0. The van der Waals surface area contributed by atoms with Crippen molar-refractivity contribution in [2.24, 2.45) is 11.8 Å². The van der Waals surface area contributed by atoms with Crippen LogP contribution in [-0.2, 0) is 20.9 Å². The van der Waals surface area contributed by atoms with Gasteiger partial charge < -0.3 is 15.2 Å². The summed E-state index contributed by atoms with van der Waals surface area (Å²) in [6, 6.07) is 14.5. The second-order valence-corrected chi connectivity index (χ2v) is 8.16. The Morgan fingerprint density at radius 3 is 2.71 bits per heavy atom.